The number of nitrogen functional groups attached to an aromatic ring is 1. The lowest BCUT2D eigenvalue weighted by Gasteiger charge is -2.36. The number of piperazine rings is 2. The molecular formula is C52H57FN12O4. The van der Waals surface area contributed by atoms with Gasteiger partial charge in [0.05, 0.1) is 17.1 Å². The van der Waals surface area contributed by atoms with Crippen LogP contribution in [0.15, 0.2) is 91.1 Å². The molecule has 0 bridgehead atoms. The smallest absolute Gasteiger partial charge is 0.255 e. The van der Waals surface area contributed by atoms with Gasteiger partial charge in [-0.1, -0.05) is 30.3 Å². The van der Waals surface area contributed by atoms with E-state index in [2.05, 4.69) is 54.7 Å². The van der Waals surface area contributed by atoms with E-state index in [-0.39, 0.29) is 30.0 Å². The zero-order valence-corrected chi connectivity index (χ0v) is 38.9. The Hall–Kier alpha value is -7.24. The molecule has 1 atom stereocenters. The third kappa shape index (κ3) is 9.87. The third-order valence-corrected chi connectivity index (χ3v) is 14.0. The molecule has 0 saturated carbocycles. The van der Waals surface area contributed by atoms with Crippen LogP contribution in [0.4, 0.5) is 21.6 Å². The summed E-state index contributed by atoms with van der Waals surface area (Å²) in [5.41, 5.74) is 14.7. The molecule has 7 heterocycles. The number of imide groups is 1. The first-order chi connectivity index (χ1) is 33.5. The summed E-state index contributed by atoms with van der Waals surface area (Å²) in [5, 5.41) is 5.87. The summed E-state index contributed by atoms with van der Waals surface area (Å²) < 4.78 is 17.7. The highest BCUT2D eigenvalue weighted by atomic mass is 19.1. The van der Waals surface area contributed by atoms with E-state index in [0.717, 1.165) is 80.2 Å². The number of anilines is 3. The maximum absolute atomic E-state index is 15.8. The number of amides is 4. The van der Waals surface area contributed by atoms with E-state index in [1.54, 1.807) is 23.2 Å². The van der Waals surface area contributed by atoms with Crippen molar-refractivity contribution in [3.05, 3.63) is 125 Å². The van der Waals surface area contributed by atoms with E-state index in [0.29, 0.717) is 91.9 Å². The Balaban J connectivity index is 0.629. The molecule has 6 aromatic rings. The predicted octanol–water partition coefficient (Wildman–Crippen LogP) is 5.52. The van der Waals surface area contributed by atoms with Crippen molar-refractivity contribution >= 4 is 52.0 Å². The van der Waals surface area contributed by atoms with Crippen molar-refractivity contribution in [3.8, 4) is 16.9 Å². The van der Waals surface area contributed by atoms with Gasteiger partial charge >= 0.3 is 0 Å². The van der Waals surface area contributed by atoms with E-state index in [9.17, 15) is 19.2 Å². The molecule has 3 aromatic heterocycles. The van der Waals surface area contributed by atoms with Crippen LogP contribution in [0.2, 0.25) is 0 Å². The van der Waals surface area contributed by atoms with Gasteiger partial charge in [0.1, 0.15) is 29.0 Å². The lowest BCUT2D eigenvalue weighted by Crippen LogP contribution is -2.52. The molecule has 0 spiro atoms. The molecule has 3 fully saturated rings. The van der Waals surface area contributed by atoms with E-state index < -0.39 is 11.9 Å². The first kappa shape index (κ1) is 45.5. The number of nitrogens with zero attached hydrogens (tertiary/aromatic N) is 9. The monoisotopic (exact) mass is 932 g/mol. The van der Waals surface area contributed by atoms with Crippen molar-refractivity contribution in [1.29, 1.82) is 0 Å². The van der Waals surface area contributed by atoms with E-state index in [1.807, 2.05) is 63.8 Å². The largest absolute Gasteiger partial charge is 0.384 e. The van der Waals surface area contributed by atoms with Crippen molar-refractivity contribution in [2.45, 2.75) is 64.7 Å². The average molecular weight is 933 g/mol. The van der Waals surface area contributed by atoms with Gasteiger partial charge in [-0.05, 0) is 92.4 Å². The molecule has 0 radical (unpaired) electrons. The van der Waals surface area contributed by atoms with Crippen LogP contribution in [0.5, 0.6) is 0 Å². The van der Waals surface area contributed by atoms with Crippen LogP contribution in [-0.4, -0.2) is 128 Å². The predicted molar refractivity (Wildman–Crippen MR) is 262 cm³/mol. The number of aryl methyl sites for hydroxylation is 1. The average Bonchev–Trinajstić information content (AvgIpc) is 3.88. The summed E-state index contributed by atoms with van der Waals surface area (Å²) in [4.78, 5) is 74.8. The zero-order chi connectivity index (χ0) is 47.6. The first-order valence-electron chi connectivity index (χ1n) is 24.0. The standard InChI is InChI=1S/C52H57FN12O4/c1-34-57-44-14-13-42(37-18-19-55-47(54)29-37)58-50(44)65(34)38-12-15-45(41(53)30-38)62-25-27-63(28-26-62)49(67)7-2-3-20-60-21-23-61(24-22-60)32-36-10-8-35(9-11-36)31-56-43-6-4-5-39-40(43)33-64(52(39)69)46-16-17-48(66)59-51(46)68/h4-6,8-15,18-19,29-30,46,56H,2-3,7,16-17,20-28,31-33H2,1H3,(H2,54,55)(H,59,66,68). The van der Waals surface area contributed by atoms with E-state index in [4.69, 9.17) is 10.7 Å². The number of nitrogens with two attached hydrogens (primary N) is 1. The minimum atomic E-state index is -0.640. The molecule has 17 heteroatoms. The number of rotatable bonds is 14. The zero-order valence-electron chi connectivity index (χ0n) is 38.9. The fourth-order valence-electron chi connectivity index (χ4n) is 10.1. The number of hydrogen-bond donors (Lipinski definition) is 3. The Morgan fingerprint density at radius 2 is 1.64 bits per heavy atom. The van der Waals surface area contributed by atoms with Crippen molar-refractivity contribution in [3.63, 3.8) is 0 Å². The molecular weight excluding hydrogens is 876 g/mol. The van der Waals surface area contributed by atoms with Gasteiger partial charge in [-0.15, -0.1) is 0 Å². The fraction of sp³-hybridized carbons (Fsp3) is 0.365. The Bertz CT molecular complexity index is 2910. The molecule has 356 valence electrons. The van der Waals surface area contributed by atoms with Gasteiger partial charge in [0.15, 0.2) is 5.65 Å². The minimum absolute atomic E-state index is 0.166. The highest BCUT2D eigenvalue weighted by Crippen LogP contribution is 2.33. The highest BCUT2D eigenvalue weighted by molar-refractivity contribution is 6.06. The Kier molecular flexibility index (Phi) is 13.0. The second-order valence-corrected chi connectivity index (χ2v) is 18.5. The van der Waals surface area contributed by atoms with Crippen LogP contribution < -0.4 is 21.3 Å². The third-order valence-electron chi connectivity index (χ3n) is 14.0. The number of piperidine rings is 1. The molecule has 10 rings (SSSR count). The van der Waals surface area contributed by atoms with Crippen molar-refractivity contribution in [2.24, 2.45) is 0 Å². The van der Waals surface area contributed by atoms with E-state index in [1.165, 1.54) is 11.6 Å². The quantitative estimate of drug-likeness (QED) is 0.0922. The van der Waals surface area contributed by atoms with Gasteiger partial charge in [-0.25, -0.2) is 19.3 Å². The maximum Gasteiger partial charge on any atom is 0.255 e. The molecule has 3 aromatic carbocycles. The number of unbranched alkanes of at least 4 members (excludes halogenated alkanes) is 1. The second-order valence-electron chi connectivity index (χ2n) is 18.5. The lowest BCUT2D eigenvalue weighted by molar-refractivity contribution is -0.137. The SMILES string of the molecule is Cc1nc2ccc(-c3ccnc(N)c3)nc2n1-c1ccc(N2CCN(C(=O)CCCCN3CCN(Cc4ccc(CNc5cccc6c5CN(C5CCC(=O)NC5=O)C6=O)cc4)CC3)CC2)c(F)c1. The first-order valence-corrected chi connectivity index (χ1v) is 24.0. The summed E-state index contributed by atoms with van der Waals surface area (Å²) in [6.07, 6.45) is 4.55. The van der Waals surface area contributed by atoms with Crippen LogP contribution in [0.25, 0.3) is 28.1 Å². The van der Waals surface area contributed by atoms with Gasteiger partial charge in [-0.2, -0.15) is 0 Å². The number of fused-ring (bicyclic) bond motifs is 2. The molecule has 4 N–H and O–H groups in total. The van der Waals surface area contributed by atoms with Crippen LogP contribution in [0.1, 0.15) is 65.0 Å². The van der Waals surface area contributed by atoms with Crippen LogP contribution in [-0.2, 0) is 34.0 Å². The highest BCUT2D eigenvalue weighted by Gasteiger charge is 2.40. The van der Waals surface area contributed by atoms with E-state index >= 15 is 4.39 Å². The number of nitrogens with one attached hydrogen (secondary N) is 2. The molecule has 69 heavy (non-hydrogen) atoms. The van der Waals surface area contributed by atoms with Gasteiger partial charge in [0.2, 0.25) is 17.7 Å². The number of aromatic nitrogens is 4. The van der Waals surface area contributed by atoms with Gasteiger partial charge in [0, 0.05) is 119 Å². The number of imidazole rings is 1. The molecule has 3 saturated heterocycles. The topological polar surface area (TPSA) is 178 Å². The number of carbonyl (C=O) groups is 4. The second kappa shape index (κ2) is 19.8. The fourth-order valence-corrected chi connectivity index (χ4v) is 10.1. The Morgan fingerprint density at radius 1 is 0.855 bits per heavy atom. The summed E-state index contributed by atoms with van der Waals surface area (Å²) in [5.74, 6) is 0.0609. The Labute approximate surface area is 400 Å². The van der Waals surface area contributed by atoms with Crippen molar-refractivity contribution < 1.29 is 23.6 Å². The number of carbonyl (C=O) groups excluding carboxylic acids is 4. The van der Waals surface area contributed by atoms with Crippen molar-refractivity contribution in [1.82, 2.24) is 44.4 Å². The van der Waals surface area contributed by atoms with Crippen molar-refractivity contribution in [2.75, 3.05) is 74.9 Å². The Morgan fingerprint density at radius 3 is 2.41 bits per heavy atom. The maximum atomic E-state index is 15.8. The number of pyridine rings is 2. The summed E-state index contributed by atoms with van der Waals surface area (Å²) in [6, 6.07) is 26.3. The van der Waals surface area contributed by atoms with Crippen LogP contribution in [0.3, 0.4) is 0 Å². The summed E-state index contributed by atoms with van der Waals surface area (Å²) in [7, 11) is 0. The minimum Gasteiger partial charge on any atom is -0.384 e. The van der Waals surface area contributed by atoms with Gasteiger partial charge in [0.25, 0.3) is 5.91 Å². The summed E-state index contributed by atoms with van der Waals surface area (Å²) in [6.45, 7) is 10.9. The molecule has 4 aliphatic heterocycles. The normalized spacial score (nSPS) is 18.0. The van der Waals surface area contributed by atoms with Crippen LogP contribution in [0, 0.1) is 12.7 Å². The van der Waals surface area contributed by atoms with Gasteiger partial charge < -0.3 is 30.7 Å². The van der Waals surface area contributed by atoms with Crippen LogP contribution >= 0.6 is 0 Å². The molecule has 0 aliphatic carbocycles. The number of benzene rings is 3. The van der Waals surface area contributed by atoms with Gasteiger partial charge in [-0.3, -0.25) is 34.0 Å². The summed E-state index contributed by atoms with van der Waals surface area (Å²) >= 11 is 0. The molecule has 1 unspecified atom stereocenters. The number of halogens is 1. The molecule has 16 nitrogen and oxygen atoms in total. The molecule has 4 aliphatic rings. The molecule has 4 amide bonds. The lowest BCUT2D eigenvalue weighted by atomic mass is 10.0. The number of hydrogen-bond acceptors (Lipinski definition) is 12.